The zero-order valence-corrected chi connectivity index (χ0v) is 12.0. The number of carbonyl (C=O) groups excluding carboxylic acids is 1. The Labute approximate surface area is 118 Å². The van der Waals surface area contributed by atoms with E-state index in [1.807, 2.05) is 16.7 Å². The molecule has 2 aromatic heterocycles. The van der Waals surface area contributed by atoms with Gasteiger partial charge >= 0.3 is 0 Å². The molecule has 0 atom stereocenters. The van der Waals surface area contributed by atoms with Gasteiger partial charge in [-0.2, -0.15) is 0 Å². The van der Waals surface area contributed by atoms with Crippen molar-refractivity contribution in [3.8, 4) is 11.1 Å². The zero-order chi connectivity index (χ0) is 14.3. The molecule has 0 aliphatic carbocycles. The first-order valence-electron chi connectivity index (χ1n) is 6.75. The van der Waals surface area contributed by atoms with Gasteiger partial charge in [0.25, 0.3) is 0 Å². The zero-order valence-electron chi connectivity index (χ0n) is 12.0. The number of hydrogen-bond donors (Lipinski definition) is 0. The molecular formula is C18H17NO. The molecule has 0 spiro atoms. The second kappa shape index (κ2) is 4.64. The molecular weight excluding hydrogens is 246 g/mol. The number of fused-ring (bicyclic) bond motifs is 1. The minimum atomic E-state index is 0.715. The van der Waals surface area contributed by atoms with Crippen molar-refractivity contribution in [3.05, 3.63) is 65.0 Å². The lowest BCUT2D eigenvalue weighted by Gasteiger charge is -2.04. The SMILES string of the molecule is Cc1ccc(-c2cc3c(C)cccn3c2C=O)cc1C. The number of nitrogens with zero attached hydrogens (tertiary/aromatic N) is 1. The third-order valence-corrected chi connectivity index (χ3v) is 3.99. The molecule has 0 radical (unpaired) electrons. The van der Waals surface area contributed by atoms with E-state index < -0.39 is 0 Å². The van der Waals surface area contributed by atoms with Crippen LogP contribution >= 0.6 is 0 Å². The van der Waals surface area contributed by atoms with Crippen LogP contribution in [0.4, 0.5) is 0 Å². The van der Waals surface area contributed by atoms with Gasteiger partial charge in [-0.15, -0.1) is 0 Å². The van der Waals surface area contributed by atoms with Crippen LogP contribution < -0.4 is 0 Å². The Kier molecular flexibility index (Phi) is 2.94. The summed E-state index contributed by atoms with van der Waals surface area (Å²) in [6, 6.07) is 12.5. The Bertz CT molecular complexity index is 812. The monoisotopic (exact) mass is 263 g/mol. The molecule has 0 aliphatic rings. The number of carbonyl (C=O) groups is 1. The number of pyridine rings is 1. The Morgan fingerprint density at radius 1 is 0.950 bits per heavy atom. The van der Waals surface area contributed by atoms with Crippen LogP contribution in [0.2, 0.25) is 0 Å². The second-order valence-corrected chi connectivity index (χ2v) is 5.31. The standard InChI is InChI=1S/C18H17NO/c1-12-6-7-15(9-14(12)3)16-10-17-13(2)5-4-8-19(17)18(16)11-20/h4-11H,1-3H3. The van der Waals surface area contributed by atoms with Crippen LogP contribution in [0.1, 0.15) is 27.2 Å². The van der Waals surface area contributed by atoms with Crippen molar-refractivity contribution < 1.29 is 4.79 Å². The molecule has 0 N–H and O–H groups in total. The molecule has 0 saturated heterocycles. The highest BCUT2D eigenvalue weighted by molar-refractivity contribution is 5.90. The van der Waals surface area contributed by atoms with Crippen LogP contribution in [-0.4, -0.2) is 10.7 Å². The van der Waals surface area contributed by atoms with Crippen LogP contribution in [0, 0.1) is 20.8 Å². The molecule has 0 aliphatic heterocycles. The first-order valence-corrected chi connectivity index (χ1v) is 6.75. The Hall–Kier alpha value is -2.35. The van der Waals surface area contributed by atoms with Crippen molar-refractivity contribution in [2.45, 2.75) is 20.8 Å². The van der Waals surface area contributed by atoms with Crippen LogP contribution in [0.5, 0.6) is 0 Å². The quantitative estimate of drug-likeness (QED) is 0.630. The van der Waals surface area contributed by atoms with Gasteiger partial charge in [0.1, 0.15) is 0 Å². The van der Waals surface area contributed by atoms with Gasteiger partial charge in [-0.1, -0.05) is 24.3 Å². The Morgan fingerprint density at radius 2 is 1.75 bits per heavy atom. The molecule has 100 valence electrons. The number of hydrogen-bond acceptors (Lipinski definition) is 1. The fourth-order valence-electron chi connectivity index (χ4n) is 2.62. The molecule has 20 heavy (non-hydrogen) atoms. The van der Waals surface area contributed by atoms with E-state index in [0.29, 0.717) is 5.69 Å². The lowest BCUT2D eigenvalue weighted by atomic mass is 10.0. The van der Waals surface area contributed by atoms with Crippen LogP contribution in [-0.2, 0) is 0 Å². The minimum absolute atomic E-state index is 0.715. The summed E-state index contributed by atoms with van der Waals surface area (Å²) in [4.78, 5) is 11.5. The first-order chi connectivity index (χ1) is 9.61. The summed E-state index contributed by atoms with van der Waals surface area (Å²) >= 11 is 0. The van der Waals surface area contributed by atoms with E-state index in [0.717, 1.165) is 22.9 Å². The third-order valence-electron chi connectivity index (χ3n) is 3.99. The average molecular weight is 263 g/mol. The van der Waals surface area contributed by atoms with Crippen molar-refractivity contribution in [2.24, 2.45) is 0 Å². The molecule has 2 nitrogen and oxygen atoms in total. The predicted molar refractivity (Wildman–Crippen MR) is 82.4 cm³/mol. The molecule has 0 amide bonds. The normalized spacial score (nSPS) is 10.9. The largest absolute Gasteiger partial charge is 0.313 e. The molecule has 0 unspecified atom stereocenters. The van der Waals surface area contributed by atoms with Gasteiger partial charge in [0.15, 0.2) is 6.29 Å². The van der Waals surface area contributed by atoms with E-state index in [1.54, 1.807) is 0 Å². The molecule has 3 rings (SSSR count). The van der Waals surface area contributed by atoms with E-state index in [1.165, 1.54) is 16.7 Å². The van der Waals surface area contributed by atoms with Gasteiger partial charge in [-0.3, -0.25) is 4.79 Å². The van der Waals surface area contributed by atoms with E-state index in [2.05, 4.69) is 51.1 Å². The van der Waals surface area contributed by atoms with Crippen LogP contribution in [0.3, 0.4) is 0 Å². The predicted octanol–water partition coefficient (Wildman–Crippen LogP) is 4.34. The average Bonchev–Trinajstić information content (AvgIpc) is 2.82. The highest BCUT2D eigenvalue weighted by atomic mass is 16.1. The van der Waals surface area contributed by atoms with Crippen molar-refractivity contribution >= 4 is 11.8 Å². The maximum atomic E-state index is 11.5. The number of aldehydes is 1. The number of benzene rings is 1. The second-order valence-electron chi connectivity index (χ2n) is 5.31. The number of rotatable bonds is 2. The van der Waals surface area contributed by atoms with E-state index >= 15 is 0 Å². The fourth-order valence-corrected chi connectivity index (χ4v) is 2.62. The van der Waals surface area contributed by atoms with E-state index in [9.17, 15) is 4.79 Å². The van der Waals surface area contributed by atoms with E-state index in [4.69, 9.17) is 0 Å². The van der Waals surface area contributed by atoms with Gasteiger partial charge in [0.05, 0.1) is 5.69 Å². The summed E-state index contributed by atoms with van der Waals surface area (Å²) in [6.07, 6.45) is 2.88. The smallest absolute Gasteiger partial charge is 0.167 e. The molecule has 0 bridgehead atoms. The minimum Gasteiger partial charge on any atom is -0.313 e. The van der Waals surface area contributed by atoms with Crippen molar-refractivity contribution in [1.82, 2.24) is 4.40 Å². The molecule has 3 aromatic rings. The maximum Gasteiger partial charge on any atom is 0.167 e. The van der Waals surface area contributed by atoms with Gasteiger partial charge < -0.3 is 4.40 Å². The van der Waals surface area contributed by atoms with Crippen LogP contribution in [0.25, 0.3) is 16.6 Å². The molecule has 1 aromatic carbocycles. The highest BCUT2D eigenvalue weighted by Gasteiger charge is 2.12. The lowest BCUT2D eigenvalue weighted by molar-refractivity contribution is 0.111. The van der Waals surface area contributed by atoms with Gasteiger partial charge in [-0.05, 0) is 55.2 Å². The van der Waals surface area contributed by atoms with Gasteiger partial charge in [0, 0.05) is 17.3 Å². The van der Waals surface area contributed by atoms with Gasteiger partial charge in [-0.25, -0.2) is 0 Å². The summed E-state index contributed by atoms with van der Waals surface area (Å²) in [5.74, 6) is 0. The fraction of sp³-hybridized carbons (Fsp3) is 0.167. The highest BCUT2D eigenvalue weighted by Crippen LogP contribution is 2.29. The van der Waals surface area contributed by atoms with Crippen molar-refractivity contribution in [1.29, 1.82) is 0 Å². The number of aromatic nitrogens is 1. The Balaban J connectivity index is 2.33. The van der Waals surface area contributed by atoms with Crippen molar-refractivity contribution in [2.75, 3.05) is 0 Å². The molecule has 0 fully saturated rings. The topological polar surface area (TPSA) is 21.5 Å². The van der Waals surface area contributed by atoms with Gasteiger partial charge in [0.2, 0.25) is 0 Å². The maximum absolute atomic E-state index is 11.5. The summed E-state index contributed by atoms with van der Waals surface area (Å²) in [6.45, 7) is 6.26. The lowest BCUT2D eigenvalue weighted by Crippen LogP contribution is -1.93. The summed E-state index contributed by atoms with van der Waals surface area (Å²) in [7, 11) is 0. The van der Waals surface area contributed by atoms with Crippen LogP contribution in [0.15, 0.2) is 42.6 Å². The van der Waals surface area contributed by atoms with E-state index in [-0.39, 0.29) is 0 Å². The molecule has 2 heteroatoms. The summed E-state index contributed by atoms with van der Waals surface area (Å²) in [5, 5.41) is 0. The number of aryl methyl sites for hydroxylation is 3. The third kappa shape index (κ3) is 1.85. The summed E-state index contributed by atoms with van der Waals surface area (Å²) < 4.78 is 1.97. The van der Waals surface area contributed by atoms with Crippen molar-refractivity contribution in [3.63, 3.8) is 0 Å². The molecule has 0 saturated carbocycles. The first kappa shape index (κ1) is 12.7. The summed E-state index contributed by atoms with van der Waals surface area (Å²) in [5.41, 5.74) is 7.57. The molecule has 2 heterocycles. The Morgan fingerprint density at radius 3 is 2.45 bits per heavy atom.